The van der Waals surface area contributed by atoms with Crippen molar-refractivity contribution in [3.8, 4) is 5.75 Å². The van der Waals surface area contributed by atoms with Crippen LogP contribution in [0.4, 0.5) is 0 Å². The average Bonchev–Trinajstić information content (AvgIpc) is 3.59. The second-order valence-corrected chi connectivity index (χ2v) is 17.2. The summed E-state index contributed by atoms with van der Waals surface area (Å²) in [5.41, 5.74) is 6.88. The minimum atomic E-state index is -3.75. The van der Waals surface area contributed by atoms with Crippen molar-refractivity contribution in [2.75, 3.05) is 39.5 Å². The van der Waals surface area contributed by atoms with E-state index in [1.54, 1.807) is 14.0 Å². The number of nitrogens with zero attached hydrogens (tertiary/aromatic N) is 3. The third-order valence-electron chi connectivity index (χ3n) is 12.7. The lowest BCUT2D eigenvalue weighted by Crippen LogP contribution is -2.53. The summed E-state index contributed by atoms with van der Waals surface area (Å²) in [5, 5.41) is 1.05. The highest BCUT2D eigenvalue weighted by Gasteiger charge is 2.49. The Balaban J connectivity index is 1.24. The summed E-state index contributed by atoms with van der Waals surface area (Å²) < 4.78 is 36.1. The van der Waals surface area contributed by atoms with Gasteiger partial charge in [-0.2, -0.15) is 0 Å². The number of ether oxygens (including phenoxy) is 1. The number of allylic oxidation sites excluding steroid dienone is 4. The van der Waals surface area contributed by atoms with Crippen molar-refractivity contribution < 1.29 is 22.7 Å². The molecule has 1 aromatic heterocycles. The van der Waals surface area contributed by atoms with Crippen molar-refractivity contribution in [1.29, 1.82) is 0 Å². The molecule has 1 saturated carbocycles. The minimum absolute atomic E-state index is 0.101. The molecule has 1 aromatic carbocycles. The molecule has 1 unspecified atom stereocenters. The number of likely N-dealkylation sites (tertiary alicyclic amines) is 2. The molecule has 4 heterocycles. The molecule has 0 radical (unpaired) electrons. The molecule has 1 N–H and O–H groups in total. The van der Waals surface area contributed by atoms with E-state index in [1.165, 1.54) is 37.7 Å². The normalized spacial score (nSPS) is 25.3. The first-order valence-corrected chi connectivity index (χ1v) is 20.2. The molecular formula is C39H50N4O5S. The summed E-state index contributed by atoms with van der Waals surface area (Å²) in [6, 6.07) is 6.57. The Kier molecular flexibility index (Phi) is 8.33. The highest BCUT2D eigenvalue weighted by Crippen LogP contribution is 2.55. The Morgan fingerprint density at radius 2 is 1.82 bits per heavy atom. The number of fused-ring (bicyclic) bond motifs is 6. The number of amides is 2. The molecule has 3 aliphatic heterocycles. The SMILES string of the molecule is CCCS(=O)(=O)NC(=O)C1=C2Cn3c(cc4c(OC)ccc(C5CCCCC5)c43)C3C(=C21)C=CC[C@H]3C(=O)N1CCC2(CCCN2C)CC1. The molecule has 0 bridgehead atoms. The van der Waals surface area contributed by atoms with Crippen molar-refractivity contribution in [3.63, 3.8) is 0 Å². The first-order chi connectivity index (χ1) is 23.7. The summed E-state index contributed by atoms with van der Waals surface area (Å²) in [5.74, 6) is 0.191. The van der Waals surface area contributed by atoms with Crippen LogP contribution in [0.1, 0.15) is 101 Å². The first kappa shape index (κ1) is 32.8. The monoisotopic (exact) mass is 686 g/mol. The van der Waals surface area contributed by atoms with Crippen molar-refractivity contribution in [1.82, 2.24) is 19.1 Å². The molecule has 8 rings (SSSR count). The zero-order valence-corrected chi connectivity index (χ0v) is 30.0. The second-order valence-electron chi connectivity index (χ2n) is 15.3. The summed E-state index contributed by atoms with van der Waals surface area (Å²) in [7, 11) is 0.200. The summed E-state index contributed by atoms with van der Waals surface area (Å²) in [6.07, 6.45) is 15.6. The molecule has 2 saturated heterocycles. The third kappa shape index (κ3) is 5.48. The smallest absolute Gasteiger partial charge is 0.265 e. The molecule has 1 spiro atoms. The maximum Gasteiger partial charge on any atom is 0.265 e. The van der Waals surface area contributed by atoms with Crippen molar-refractivity contribution >= 4 is 32.7 Å². The van der Waals surface area contributed by atoms with Crippen LogP contribution in [-0.2, 0) is 26.2 Å². The molecule has 2 amide bonds. The van der Waals surface area contributed by atoms with Gasteiger partial charge < -0.3 is 19.1 Å². The minimum Gasteiger partial charge on any atom is -0.496 e. The van der Waals surface area contributed by atoms with Gasteiger partial charge in [-0.25, -0.2) is 13.1 Å². The largest absolute Gasteiger partial charge is 0.496 e. The van der Waals surface area contributed by atoms with Gasteiger partial charge in [0.05, 0.1) is 29.9 Å². The van der Waals surface area contributed by atoms with Gasteiger partial charge >= 0.3 is 0 Å². The fourth-order valence-electron chi connectivity index (χ4n) is 10.1. The van der Waals surface area contributed by atoms with Crippen LogP contribution in [0.25, 0.3) is 10.9 Å². The lowest BCUT2D eigenvalue weighted by atomic mass is 9.75. The van der Waals surface area contributed by atoms with Crippen LogP contribution in [0.2, 0.25) is 0 Å². The molecule has 3 aliphatic carbocycles. The molecule has 262 valence electrons. The predicted molar refractivity (Wildman–Crippen MR) is 191 cm³/mol. The van der Waals surface area contributed by atoms with E-state index in [0.717, 1.165) is 84.4 Å². The van der Waals surface area contributed by atoms with Crippen LogP contribution in [0.5, 0.6) is 5.75 Å². The van der Waals surface area contributed by atoms with E-state index in [4.69, 9.17) is 4.74 Å². The van der Waals surface area contributed by atoms with E-state index < -0.39 is 15.9 Å². The standard InChI is InChI=1S/C39H50N4O5S/c1-4-22-49(46,47)40-37(44)35-30-24-43-31(23-29-32(48-3)15-14-26(36(29)43)25-10-6-5-7-11-25)33-27(34(30)35)12-8-13-28(33)38(45)42-20-17-39(18-21-42)16-9-19-41(39)2/h8,12,14-15,23,25,28,33H,4-7,9-11,13,16-22,24H2,1-3H3,(H,40,44)/t28-,33?/m1/s1. The number of carbonyl (C=O) groups is 2. The number of piperidine rings is 1. The number of sulfonamides is 1. The van der Waals surface area contributed by atoms with Gasteiger partial charge in [0.1, 0.15) is 5.75 Å². The van der Waals surface area contributed by atoms with Gasteiger partial charge in [-0.05, 0) is 105 Å². The van der Waals surface area contributed by atoms with Crippen LogP contribution in [0.15, 0.2) is 52.6 Å². The zero-order chi connectivity index (χ0) is 34.1. The highest BCUT2D eigenvalue weighted by atomic mass is 32.2. The van der Waals surface area contributed by atoms with E-state index >= 15 is 0 Å². The number of hydrogen-bond acceptors (Lipinski definition) is 6. The first-order valence-electron chi connectivity index (χ1n) is 18.6. The lowest BCUT2D eigenvalue weighted by molar-refractivity contribution is -0.138. The van der Waals surface area contributed by atoms with Gasteiger partial charge in [0.25, 0.3) is 5.91 Å². The molecular weight excluding hydrogens is 637 g/mol. The number of rotatable bonds is 7. The fraction of sp³-hybridized carbons (Fsp3) is 0.590. The Morgan fingerprint density at radius 1 is 1.04 bits per heavy atom. The van der Waals surface area contributed by atoms with Crippen LogP contribution >= 0.6 is 0 Å². The maximum absolute atomic E-state index is 14.7. The number of aromatic nitrogens is 1. The Morgan fingerprint density at radius 3 is 2.51 bits per heavy atom. The molecule has 6 aliphatic rings. The van der Waals surface area contributed by atoms with E-state index in [-0.39, 0.29) is 29.0 Å². The maximum atomic E-state index is 14.7. The van der Waals surface area contributed by atoms with Crippen molar-refractivity contribution in [3.05, 3.63) is 63.9 Å². The van der Waals surface area contributed by atoms with Gasteiger partial charge in [-0.15, -0.1) is 0 Å². The molecule has 9 nitrogen and oxygen atoms in total. The molecule has 49 heavy (non-hydrogen) atoms. The molecule has 2 atom stereocenters. The van der Waals surface area contributed by atoms with Crippen molar-refractivity contribution in [2.45, 2.75) is 101 Å². The van der Waals surface area contributed by atoms with Gasteiger partial charge in [-0.1, -0.05) is 44.4 Å². The number of carbonyl (C=O) groups excluding carboxylic acids is 2. The lowest BCUT2D eigenvalue weighted by Gasteiger charge is -2.45. The van der Waals surface area contributed by atoms with Gasteiger partial charge in [-0.3, -0.25) is 9.59 Å². The number of methoxy groups -OCH3 is 1. The summed E-state index contributed by atoms with van der Waals surface area (Å²) in [4.78, 5) is 33.0. The number of benzene rings is 1. The average molecular weight is 687 g/mol. The molecule has 3 fully saturated rings. The Labute approximate surface area is 290 Å². The zero-order valence-electron chi connectivity index (χ0n) is 29.2. The summed E-state index contributed by atoms with van der Waals surface area (Å²) >= 11 is 0. The van der Waals surface area contributed by atoms with Crippen LogP contribution in [0, 0.1) is 5.92 Å². The van der Waals surface area contributed by atoms with Crippen LogP contribution < -0.4 is 9.46 Å². The molecule has 2 aromatic rings. The van der Waals surface area contributed by atoms with Gasteiger partial charge in [0.15, 0.2) is 0 Å². The fourth-order valence-corrected chi connectivity index (χ4v) is 11.1. The van der Waals surface area contributed by atoms with Crippen molar-refractivity contribution in [2.24, 2.45) is 5.92 Å². The van der Waals surface area contributed by atoms with E-state index in [2.05, 4.69) is 56.5 Å². The predicted octanol–water partition coefficient (Wildman–Crippen LogP) is 5.92. The Hall–Kier alpha value is -3.37. The van der Waals surface area contributed by atoms with E-state index in [1.807, 2.05) is 0 Å². The van der Waals surface area contributed by atoms with Gasteiger partial charge in [0.2, 0.25) is 15.9 Å². The molecule has 10 heteroatoms. The third-order valence-corrected chi connectivity index (χ3v) is 14.1. The van der Waals surface area contributed by atoms with E-state index in [0.29, 0.717) is 30.9 Å². The topological polar surface area (TPSA) is 101 Å². The van der Waals surface area contributed by atoms with Crippen LogP contribution in [0.3, 0.4) is 0 Å². The van der Waals surface area contributed by atoms with Gasteiger partial charge in [0, 0.05) is 42.2 Å². The number of nitrogens with one attached hydrogen (secondary N) is 1. The second kappa shape index (κ2) is 12.4. The number of hydrogen-bond donors (Lipinski definition) is 1. The summed E-state index contributed by atoms with van der Waals surface area (Å²) in [6.45, 7) is 4.90. The quantitative estimate of drug-likeness (QED) is 0.388. The highest BCUT2D eigenvalue weighted by molar-refractivity contribution is 7.90. The van der Waals surface area contributed by atoms with E-state index in [9.17, 15) is 18.0 Å². The Bertz CT molecular complexity index is 1910. The van der Waals surface area contributed by atoms with Crippen LogP contribution in [-0.4, -0.2) is 79.7 Å².